The van der Waals surface area contributed by atoms with Crippen molar-refractivity contribution in [2.75, 3.05) is 13.2 Å². The number of hydrogen-bond acceptors (Lipinski definition) is 4. The normalized spacial score (nSPS) is 12.2. The van der Waals surface area contributed by atoms with Gasteiger partial charge in [0.25, 0.3) is 0 Å². The minimum atomic E-state index is -1.04. The summed E-state index contributed by atoms with van der Waals surface area (Å²) in [7, 11) is 0. The first-order chi connectivity index (χ1) is 5.57. The third-order valence-electron chi connectivity index (χ3n) is 1.22. The molecule has 0 rings (SSSR count). The number of ether oxygens (including phenoxy) is 1. The summed E-state index contributed by atoms with van der Waals surface area (Å²) >= 11 is 0. The third-order valence-corrected chi connectivity index (χ3v) is 1.22. The zero-order valence-corrected chi connectivity index (χ0v) is 6.82. The Bertz CT molecular complexity index is 165. The van der Waals surface area contributed by atoms with E-state index in [1.165, 1.54) is 6.92 Å². The first-order valence-electron chi connectivity index (χ1n) is 3.57. The summed E-state index contributed by atoms with van der Waals surface area (Å²) in [4.78, 5) is 21.0. The minimum absolute atomic E-state index is 0.0806. The van der Waals surface area contributed by atoms with Crippen LogP contribution in [0, 0.1) is 5.92 Å². The van der Waals surface area contributed by atoms with Crippen molar-refractivity contribution in [2.45, 2.75) is 13.3 Å². The van der Waals surface area contributed by atoms with Crippen molar-refractivity contribution in [2.24, 2.45) is 5.92 Å². The second-order valence-electron chi connectivity index (χ2n) is 2.39. The van der Waals surface area contributed by atoms with Crippen LogP contribution in [0.15, 0.2) is 0 Å². The Morgan fingerprint density at radius 3 is 2.50 bits per heavy atom. The molecule has 1 unspecified atom stereocenters. The van der Waals surface area contributed by atoms with Crippen molar-refractivity contribution >= 4 is 11.9 Å². The predicted octanol–water partition coefficient (Wildman–Crippen LogP) is -0.367. The molecule has 0 aromatic rings. The molecule has 0 aliphatic carbocycles. The van der Waals surface area contributed by atoms with Crippen molar-refractivity contribution in [3.8, 4) is 0 Å². The maximum absolute atomic E-state index is 10.8. The van der Waals surface area contributed by atoms with Crippen LogP contribution in [0.25, 0.3) is 0 Å². The second-order valence-corrected chi connectivity index (χ2v) is 2.39. The molecule has 0 radical (unpaired) electrons. The summed E-state index contributed by atoms with van der Waals surface area (Å²) in [6.07, 6.45) is -0.246. The number of esters is 1. The largest absolute Gasteiger partial charge is 0.481 e. The average molecular weight is 176 g/mol. The van der Waals surface area contributed by atoms with Crippen LogP contribution in [-0.2, 0) is 14.3 Å². The molecule has 0 bridgehead atoms. The van der Waals surface area contributed by atoms with Crippen molar-refractivity contribution in [1.29, 1.82) is 0 Å². The van der Waals surface area contributed by atoms with Crippen molar-refractivity contribution in [3.63, 3.8) is 0 Å². The molecule has 2 N–H and O–H groups in total. The summed E-state index contributed by atoms with van der Waals surface area (Å²) in [5.41, 5.74) is 0. The van der Waals surface area contributed by atoms with Gasteiger partial charge in [0.05, 0.1) is 18.9 Å². The fourth-order valence-corrected chi connectivity index (χ4v) is 0.634. The van der Waals surface area contributed by atoms with E-state index < -0.39 is 17.9 Å². The summed E-state index contributed by atoms with van der Waals surface area (Å²) < 4.78 is 4.50. The summed E-state index contributed by atoms with van der Waals surface area (Å²) in [6.45, 7) is 1.14. The monoisotopic (exact) mass is 176 g/mol. The predicted molar refractivity (Wildman–Crippen MR) is 39.5 cm³/mol. The molecular formula is C7H12O5. The van der Waals surface area contributed by atoms with Gasteiger partial charge in [0.2, 0.25) is 0 Å². The molecule has 5 nitrogen and oxygen atoms in total. The van der Waals surface area contributed by atoms with Crippen LogP contribution in [0.5, 0.6) is 0 Å². The number of carbonyl (C=O) groups excluding carboxylic acids is 1. The number of aliphatic hydroxyl groups excluding tert-OH is 1. The average Bonchev–Trinajstić information content (AvgIpc) is 1.98. The molecule has 0 fully saturated rings. The molecule has 5 heteroatoms. The summed E-state index contributed by atoms with van der Waals surface area (Å²) in [6, 6.07) is 0. The molecule has 0 aromatic heterocycles. The Hall–Kier alpha value is -1.10. The highest BCUT2D eigenvalue weighted by atomic mass is 16.5. The van der Waals surface area contributed by atoms with Gasteiger partial charge in [0.15, 0.2) is 0 Å². The smallest absolute Gasteiger partial charge is 0.309 e. The van der Waals surface area contributed by atoms with Gasteiger partial charge in [-0.3, -0.25) is 9.59 Å². The molecule has 0 aromatic carbocycles. The van der Waals surface area contributed by atoms with E-state index in [-0.39, 0.29) is 19.6 Å². The lowest BCUT2D eigenvalue weighted by atomic mass is 10.1. The number of rotatable bonds is 5. The van der Waals surface area contributed by atoms with Crippen LogP contribution in [0.2, 0.25) is 0 Å². The van der Waals surface area contributed by atoms with Crippen molar-refractivity contribution in [3.05, 3.63) is 0 Å². The zero-order chi connectivity index (χ0) is 9.56. The van der Waals surface area contributed by atoms with Gasteiger partial charge in [-0.2, -0.15) is 0 Å². The molecule has 0 heterocycles. The van der Waals surface area contributed by atoms with Gasteiger partial charge >= 0.3 is 11.9 Å². The molecule has 12 heavy (non-hydrogen) atoms. The Morgan fingerprint density at radius 2 is 2.08 bits per heavy atom. The lowest BCUT2D eigenvalue weighted by Gasteiger charge is -2.07. The van der Waals surface area contributed by atoms with Gasteiger partial charge < -0.3 is 14.9 Å². The summed E-state index contributed by atoms with van der Waals surface area (Å²) in [5, 5.41) is 16.6. The molecule has 0 aliphatic rings. The van der Waals surface area contributed by atoms with Crippen LogP contribution in [0.3, 0.4) is 0 Å². The summed E-state index contributed by atoms with van der Waals surface area (Å²) in [5.74, 6) is -2.29. The lowest BCUT2D eigenvalue weighted by molar-refractivity contribution is -0.153. The van der Waals surface area contributed by atoms with E-state index >= 15 is 0 Å². The third kappa shape index (κ3) is 4.68. The van der Waals surface area contributed by atoms with Gasteiger partial charge in [-0.1, -0.05) is 6.92 Å². The van der Waals surface area contributed by atoms with Crippen molar-refractivity contribution < 1.29 is 24.5 Å². The van der Waals surface area contributed by atoms with Gasteiger partial charge in [-0.25, -0.2) is 0 Å². The van der Waals surface area contributed by atoms with E-state index in [9.17, 15) is 9.59 Å². The molecular weight excluding hydrogens is 164 g/mol. The van der Waals surface area contributed by atoms with Crippen LogP contribution in [0.1, 0.15) is 13.3 Å². The number of hydrogen-bond donors (Lipinski definition) is 2. The Labute approximate surface area is 70.0 Å². The van der Waals surface area contributed by atoms with Crippen LogP contribution in [-0.4, -0.2) is 35.4 Å². The highest BCUT2D eigenvalue weighted by Gasteiger charge is 2.17. The SMILES string of the molecule is CC(CC(=O)O)C(=O)OCCO. The molecule has 1 atom stereocenters. The topological polar surface area (TPSA) is 83.8 Å². The van der Waals surface area contributed by atoms with E-state index in [4.69, 9.17) is 10.2 Å². The van der Waals surface area contributed by atoms with E-state index in [1.807, 2.05) is 0 Å². The zero-order valence-electron chi connectivity index (χ0n) is 6.82. The standard InChI is InChI=1S/C7H12O5/c1-5(4-6(9)10)7(11)12-3-2-8/h5,8H,2-4H2,1H3,(H,9,10). The number of carboxylic acids is 1. The molecule has 0 aliphatic heterocycles. The number of carbonyl (C=O) groups is 2. The van der Waals surface area contributed by atoms with E-state index in [1.54, 1.807) is 0 Å². The van der Waals surface area contributed by atoms with Gasteiger partial charge in [-0.05, 0) is 0 Å². The molecule has 0 saturated carbocycles. The molecule has 0 spiro atoms. The molecule has 0 amide bonds. The highest BCUT2D eigenvalue weighted by Crippen LogP contribution is 2.03. The molecule has 0 saturated heterocycles. The Balaban J connectivity index is 3.69. The maximum atomic E-state index is 10.8. The molecule has 70 valence electrons. The quantitative estimate of drug-likeness (QED) is 0.558. The number of aliphatic carboxylic acids is 1. The van der Waals surface area contributed by atoms with E-state index in [2.05, 4.69) is 4.74 Å². The first-order valence-corrected chi connectivity index (χ1v) is 3.57. The van der Waals surface area contributed by atoms with Crippen LogP contribution < -0.4 is 0 Å². The van der Waals surface area contributed by atoms with Crippen LogP contribution >= 0.6 is 0 Å². The maximum Gasteiger partial charge on any atom is 0.309 e. The Kier molecular flexibility index (Phi) is 5.03. The number of aliphatic hydroxyl groups is 1. The lowest BCUT2D eigenvalue weighted by Crippen LogP contribution is -2.19. The fraction of sp³-hybridized carbons (Fsp3) is 0.714. The highest BCUT2D eigenvalue weighted by molar-refractivity contribution is 5.78. The van der Waals surface area contributed by atoms with E-state index in [0.717, 1.165) is 0 Å². The van der Waals surface area contributed by atoms with E-state index in [0.29, 0.717) is 0 Å². The second kappa shape index (κ2) is 5.54. The number of carboxylic acid groups (broad SMARTS) is 1. The minimum Gasteiger partial charge on any atom is -0.481 e. The van der Waals surface area contributed by atoms with Gasteiger partial charge in [0.1, 0.15) is 6.61 Å². The van der Waals surface area contributed by atoms with Crippen molar-refractivity contribution in [1.82, 2.24) is 0 Å². The van der Waals surface area contributed by atoms with Gasteiger partial charge in [-0.15, -0.1) is 0 Å². The first kappa shape index (κ1) is 10.9. The fourth-order valence-electron chi connectivity index (χ4n) is 0.634. The van der Waals surface area contributed by atoms with Gasteiger partial charge in [0, 0.05) is 0 Å². The van der Waals surface area contributed by atoms with Crippen LogP contribution in [0.4, 0.5) is 0 Å². The Morgan fingerprint density at radius 1 is 1.50 bits per heavy atom.